The molecule has 17 heavy (non-hydrogen) atoms. The van der Waals surface area contributed by atoms with Gasteiger partial charge in [0.1, 0.15) is 15.5 Å². The summed E-state index contributed by atoms with van der Waals surface area (Å²) in [5, 5.41) is 12.0. The van der Waals surface area contributed by atoms with Crippen LogP contribution in [0.3, 0.4) is 0 Å². The number of pyridine rings is 1. The molecule has 3 nitrogen and oxygen atoms in total. The molecule has 2 heterocycles. The quantitative estimate of drug-likeness (QED) is 0.880. The minimum atomic E-state index is 0.717. The van der Waals surface area contributed by atoms with Crippen molar-refractivity contribution < 1.29 is 0 Å². The maximum Gasteiger partial charge on any atom is 0.110 e. The number of aryl methyl sites for hydroxylation is 1. The van der Waals surface area contributed by atoms with Gasteiger partial charge < -0.3 is 5.32 Å². The fourth-order valence-electron chi connectivity index (χ4n) is 1.38. The van der Waals surface area contributed by atoms with Crippen LogP contribution >= 0.6 is 27.3 Å². The average Bonchev–Trinajstić information content (AvgIpc) is 2.79. The van der Waals surface area contributed by atoms with Crippen LogP contribution in [-0.2, 0) is 6.54 Å². The molecule has 0 aromatic carbocycles. The van der Waals surface area contributed by atoms with Crippen molar-refractivity contribution in [2.45, 2.75) is 13.5 Å². The molecule has 0 aliphatic carbocycles. The van der Waals surface area contributed by atoms with Gasteiger partial charge in [-0.15, -0.1) is 11.3 Å². The zero-order valence-corrected chi connectivity index (χ0v) is 11.6. The minimum absolute atomic E-state index is 0.717. The summed E-state index contributed by atoms with van der Waals surface area (Å²) in [5.41, 5.74) is 2.08. The minimum Gasteiger partial charge on any atom is -0.379 e. The lowest BCUT2D eigenvalue weighted by Crippen LogP contribution is -1.98. The van der Waals surface area contributed by atoms with Crippen LogP contribution in [0.5, 0.6) is 0 Å². The molecule has 0 amide bonds. The zero-order chi connectivity index (χ0) is 12.3. The molecule has 2 rings (SSSR count). The Morgan fingerprint density at radius 1 is 1.53 bits per heavy atom. The van der Waals surface area contributed by atoms with E-state index in [1.807, 2.05) is 25.1 Å². The highest BCUT2D eigenvalue weighted by Crippen LogP contribution is 2.19. The van der Waals surface area contributed by atoms with E-state index in [0.29, 0.717) is 0 Å². The largest absolute Gasteiger partial charge is 0.379 e. The first-order chi connectivity index (χ1) is 8.19. The van der Waals surface area contributed by atoms with E-state index in [4.69, 9.17) is 5.26 Å². The Labute approximate surface area is 112 Å². The van der Waals surface area contributed by atoms with Crippen molar-refractivity contribution in [2.75, 3.05) is 5.32 Å². The molecule has 2 aromatic rings. The molecule has 2 aromatic heterocycles. The van der Waals surface area contributed by atoms with Gasteiger partial charge >= 0.3 is 0 Å². The second-order valence-electron chi connectivity index (χ2n) is 3.56. The third-order valence-electron chi connectivity index (χ3n) is 2.25. The highest BCUT2D eigenvalue weighted by Gasteiger charge is 2.01. The van der Waals surface area contributed by atoms with Crippen LogP contribution in [0.1, 0.15) is 15.3 Å². The second-order valence-corrected chi connectivity index (χ2v) is 5.48. The monoisotopic (exact) mass is 307 g/mol. The molecular weight excluding hydrogens is 298 g/mol. The Hall–Kier alpha value is -1.38. The zero-order valence-electron chi connectivity index (χ0n) is 9.20. The van der Waals surface area contributed by atoms with Crippen molar-refractivity contribution in [3.8, 4) is 6.07 Å². The van der Waals surface area contributed by atoms with Gasteiger partial charge in [-0.25, -0.2) is 4.98 Å². The highest BCUT2D eigenvalue weighted by atomic mass is 79.9. The van der Waals surface area contributed by atoms with Gasteiger partial charge in [0.25, 0.3) is 0 Å². The maximum absolute atomic E-state index is 8.73. The fraction of sp³-hybridized carbons (Fsp3) is 0.167. The number of nitrogens with zero attached hydrogens (tertiary/aromatic N) is 2. The first-order valence-electron chi connectivity index (χ1n) is 5.04. The van der Waals surface area contributed by atoms with Crippen molar-refractivity contribution in [3.63, 3.8) is 0 Å². The Bertz CT molecular complexity index is 571. The van der Waals surface area contributed by atoms with E-state index in [1.165, 1.54) is 11.3 Å². The molecule has 1 N–H and O–H groups in total. The SMILES string of the molecule is Cc1cc(NCc2ccc(C#N)s2)cnc1Br. The lowest BCUT2D eigenvalue weighted by Gasteiger charge is -2.05. The van der Waals surface area contributed by atoms with E-state index in [1.54, 1.807) is 6.20 Å². The number of nitrogens with one attached hydrogen (secondary N) is 1. The lowest BCUT2D eigenvalue weighted by molar-refractivity contribution is 1.15. The summed E-state index contributed by atoms with van der Waals surface area (Å²) in [4.78, 5) is 6.10. The Morgan fingerprint density at radius 3 is 3.00 bits per heavy atom. The summed E-state index contributed by atoms with van der Waals surface area (Å²) < 4.78 is 0.867. The van der Waals surface area contributed by atoms with Gasteiger partial charge in [-0.2, -0.15) is 5.26 Å². The summed E-state index contributed by atoms with van der Waals surface area (Å²) in [6, 6.07) is 7.98. The molecule has 0 unspecified atom stereocenters. The summed E-state index contributed by atoms with van der Waals surface area (Å²) >= 11 is 4.87. The number of thiophene rings is 1. The second kappa shape index (κ2) is 5.30. The predicted octanol–water partition coefficient (Wildman–Crippen LogP) is 3.70. The Kier molecular flexibility index (Phi) is 3.77. The van der Waals surface area contributed by atoms with Crippen LogP contribution in [0.2, 0.25) is 0 Å². The van der Waals surface area contributed by atoms with Crippen molar-refractivity contribution in [1.29, 1.82) is 5.26 Å². The van der Waals surface area contributed by atoms with Gasteiger partial charge in [-0.05, 0) is 46.6 Å². The fourth-order valence-corrected chi connectivity index (χ4v) is 2.34. The molecule has 0 aliphatic heterocycles. The number of halogens is 1. The first-order valence-corrected chi connectivity index (χ1v) is 6.65. The molecule has 86 valence electrons. The summed E-state index contributed by atoms with van der Waals surface area (Å²) in [7, 11) is 0. The summed E-state index contributed by atoms with van der Waals surface area (Å²) in [6.07, 6.45) is 1.79. The van der Waals surface area contributed by atoms with E-state index in [2.05, 4.69) is 32.3 Å². The van der Waals surface area contributed by atoms with Crippen LogP contribution in [0.15, 0.2) is 29.0 Å². The van der Waals surface area contributed by atoms with Crippen molar-refractivity contribution in [1.82, 2.24) is 4.98 Å². The molecule has 0 saturated heterocycles. The van der Waals surface area contributed by atoms with E-state index in [0.717, 1.165) is 32.2 Å². The molecular formula is C12H10BrN3S. The number of aromatic nitrogens is 1. The van der Waals surface area contributed by atoms with Crippen molar-refractivity contribution >= 4 is 33.0 Å². The summed E-state index contributed by atoms with van der Waals surface area (Å²) in [6.45, 7) is 2.72. The molecule has 0 bridgehead atoms. The smallest absolute Gasteiger partial charge is 0.110 e. The topological polar surface area (TPSA) is 48.7 Å². The molecule has 0 aliphatic rings. The van der Waals surface area contributed by atoms with E-state index in [9.17, 15) is 0 Å². The van der Waals surface area contributed by atoms with E-state index >= 15 is 0 Å². The molecule has 0 saturated carbocycles. The third-order valence-corrected chi connectivity index (χ3v) is 4.07. The van der Waals surface area contributed by atoms with Crippen LogP contribution < -0.4 is 5.32 Å². The Balaban J connectivity index is 2.02. The van der Waals surface area contributed by atoms with Crippen LogP contribution in [0.25, 0.3) is 0 Å². The normalized spacial score (nSPS) is 9.94. The van der Waals surface area contributed by atoms with E-state index < -0.39 is 0 Å². The van der Waals surface area contributed by atoms with Crippen molar-refractivity contribution in [3.05, 3.63) is 44.3 Å². The van der Waals surface area contributed by atoms with Crippen LogP contribution in [-0.4, -0.2) is 4.98 Å². The number of nitriles is 1. The van der Waals surface area contributed by atoms with Gasteiger partial charge in [-0.1, -0.05) is 0 Å². The number of hydrogen-bond acceptors (Lipinski definition) is 4. The van der Waals surface area contributed by atoms with Gasteiger partial charge in [0, 0.05) is 11.4 Å². The maximum atomic E-state index is 8.73. The van der Waals surface area contributed by atoms with Crippen LogP contribution in [0.4, 0.5) is 5.69 Å². The van der Waals surface area contributed by atoms with Gasteiger partial charge in [0.15, 0.2) is 0 Å². The molecule has 0 radical (unpaired) electrons. The first kappa shape index (κ1) is 12.1. The molecule has 0 fully saturated rings. The van der Waals surface area contributed by atoms with Gasteiger partial charge in [0.2, 0.25) is 0 Å². The highest BCUT2D eigenvalue weighted by molar-refractivity contribution is 9.10. The van der Waals surface area contributed by atoms with Gasteiger partial charge in [-0.3, -0.25) is 0 Å². The van der Waals surface area contributed by atoms with Crippen LogP contribution in [0, 0.1) is 18.3 Å². The lowest BCUT2D eigenvalue weighted by atomic mass is 10.3. The average molecular weight is 308 g/mol. The molecule has 0 atom stereocenters. The predicted molar refractivity (Wildman–Crippen MR) is 73.0 cm³/mol. The number of anilines is 1. The molecule has 0 spiro atoms. The third kappa shape index (κ3) is 3.05. The summed E-state index contributed by atoms with van der Waals surface area (Å²) in [5.74, 6) is 0. The standard InChI is InChI=1S/C12H10BrN3S/c1-8-4-9(6-16-12(8)13)15-7-11-3-2-10(5-14)17-11/h2-4,6,15H,7H2,1H3. The number of rotatable bonds is 3. The van der Waals surface area contributed by atoms with Gasteiger partial charge in [0.05, 0.1) is 11.9 Å². The molecule has 5 heteroatoms. The van der Waals surface area contributed by atoms with Crippen molar-refractivity contribution in [2.24, 2.45) is 0 Å². The Morgan fingerprint density at radius 2 is 2.35 bits per heavy atom. The van der Waals surface area contributed by atoms with E-state index in [-0.39, 0.29) is 0 Å². The number of hydrogen-bond donors (Lipinski definition) is 1.